The molecule has 0 amide bonds. The number of unbranched alkanes of at least 4 members (excludes halogenated alkanes) is 3. The molecule has 0 aromatic carbocycles. The first-order valence-corrected chi connectivity index (χ1v) is 5.64. The second-order valence-corrected chi connectivity index (χ2v) is 3.90. The minimum absolute atomic E-state index is 0.898. The molecular formula is C13H21N. The van der Waals surface area contributed by atoms with Gasteiger partial charge < -0.3 is 5.73 Å². The fourth-order valence-electron chi connectivity index (χ4n) is 1.61. The normalized spacial score (nSPS) is 16.1. The highest BCUT2D eigenvalue weighted by Crippen LogP contribution is 2.15. The first-order chi connectivity index (χ1) is 6.83. The molecule has 0 aliphatic heterocycles. The molecule has 14 heavy (non-hydrogen) atoms. The van der Waals surface area contributed by atoms with Gasteiger partial charge in [0.05, 0.1) is 0 Å². The van der Waals surface area contributed by atoms with Crippen LogP contribution < -0.4 is 5.73 Å². The number of allylic oxidation sites excluding steroid dienone is 5. The lowest BCUT2D eigenvalue weighted by Crippen LogP contribution is -1.92. The average Bonchev–Trinajstić information content (AvgIpc) is 2.38. The Morgan fingerprint density at radius 3 is 2.86 bits per heavy atom. The van der Waals surface area contributed by atoms with E-state index in [1.807, 2.05) is 6.08 Å². The first-order valence-electron chi connectivity index (χ1n) is 5.64. The van der Waals surface area contributed by atoms with E-state index in [9.17, 15) is 0 Å². The molecule has 0 bridgehead atoms. The second-order valence-electron chi connectivity index (χ2n) is 3.90. The average molecular weight is 191 g/mol. The minimum atomic E-state index is 0.898. The third kappa shape index (κ3) is 4.31. The third-order valence-electron chi connectivity index (χ3n) is 2.52. The predicted octanol–water partition coefficient (Wildman–Crippen LogP) is 3.69. The lowest BCUT2D eigenvalue weighted by atomic mass is 10.1. The molecule has 1 nitrogen and oxygen atoms in total. The summed E-state index contributed by atoms with van der Waals surface area (Å²) in [4.78, 5) is 0. The molecule has 0 spiro atoms. The third-order valence-corrected chi connectivity index (χ3v) is 2.52. The van der Waals surface area contributed by atoms with E-state index in [0.717, 1.165) is 12.1 Å². The first kappa shape index (κ1) is 11.1. The molecule has 2 N–H and O–H groups in total. The maximum atomic E-state index is 5.74. The van der Waals surface area contributed by atoms with Gasteiger partial charge in [0.1, 0.15) is 0 Å². The Morgan fingerprint density at radius 2 is 2.07 bits per heavy atom. The second kappa shape index (κ2) is 6.47. The fourth-order valence-corrected chi connectivity index (χ4v) is 1.61. The molecule has 0 saturated carbocycles. The van der Waals surface area contributed by atoms with Crippen LogP contribution in [-0.4, -0.2) is 0 Å². The highest BCUT2D eigenvalue weighted by Gasteiger charge is 1.96. The monoisotopic (exact) mass is 191 g/mol. The highest BCUT2D eigenvalue weighted by atomic mass is 14.6. The summed E-state index contributed by atoms with van der Waals surface area (Å²) in [6, 6.07) is 0. The van der Waals surface area contributed by atoms with E-state index in [1.165, 1.54) is 37.7 Å². The minimum Gasteiger partial charge on any atom is -0.402 e. The van der Waals surface area contributed by atoms with Crippen molar-refractivity contribution >= 4 is 0 Å². The van der Waals surface area contributed by atoms with Gasteiger partial charge in [0.15, 0.2) is 0 Å². The summed E-state index contributed by atoms with van der Waals surface area (Å²) in [6.07, 6.45) is 16.0. The number of hydrogen-bond acceptors (Lipinski definition) is 1. The van der Waals surface area contributed by atoms with Crippen molar-refractivity contribution in [2.45, 2.75) is 45.4 Å². The Morgan fingerprint density at radius 1 is 1.21 bits per heavy atom. The van der Waals surface area contributed by atoms with Gasteiger partial charge in [0.25, 0.3) is 0 Å². The molecule has 0 radical (unpaired) electrons. The predicted molar refractivity (Wildman–Crippen MR) is 62.9 cm³/mol. The van der Waals surface area contributed by atoms with Crippen LogP contribution in [0.4, 0.5) is 0 Å². The zero-order valence-electron chi connectivity index (χ0n) is 9.13. The van der Waals surface area contributed by atoms with Crippen molar-refractivity contribution < 1.29 is 0 Å². The van der Waals surface area contributed by atoms with Crippen molar-refractivity contribution in [1.29, 1.82) is 0 Å². The zero-order valence-corrected chi connectivity index (χ0v) is 9.13. The molecule has 1 aliphatic rings. The molecule has 0 aromatic rings. The summed E-state index contributed by atoms with van der Waals surface area (Å²) in [6.45, 7) is 2.24. The van der Waals surface area contributed by atoms with Crippen LogP contribution in [0.1, 0.15) is 45.4 Å². The van der Waals surface area contributed by atoms with Gasteiger partial charge in [-0.05, 0) is 24.5 Å². The van der Waals surface area contributed by atoms with E-state index in [2.05, 4.69) is 25.2 Å². The van der Waals surface area contributed by atoms with Crippen LogP contribution in [0, 0.1) is 0 Å². The van der Waals surface area contributed by atoms with Gasteiger partial charge in [0.2, 0.25) is 0 Å². The van der Waals surface area contributed by atoms with Gasteiger partial charge in [-0.1, -0.05) is 44.4 Å². The van der Waals surface area contributed by atoms with Crippen molar-refractivity contribution in [3.8, 4) is 0 Å². The van der Waals surface area contributed by atoms with E-state index >= 15 is 0 Å². The van der Waals surface area contributed by atoms with Crippen LogP contribution in [0.25, 0.3) is 0 Å². The van der Waals surface area contributed by atoms with E-state index in [4.69, 9.17) is 5.73 Å². The van der Waals surface area contributed by atoms with Crippen molar-refractivity contribution in [3.05, 3.63) is 35.6 Å². The molecule has 0 atom stereocenters. The molecular weight excluding hydrogens is 170 g/mol. The lowest BCUT2D eigenvalue weighted by molar-refractivity contribution is 0.668. The van der Waals surface area contributed by atoms with Crippen molar-refractivity contribution in [1.82, 2.24) is 0 Å². The van der Waals surface area contributed by atoms with Crippen LogP contribution in [0.3, 0.4) is 0 Å². The molecule has 1 aliphatic carbocycles. The van der Waals surface area contributed by atoms with Gasteiger partial charge in [-0.15, -0.1) is 0 Å². The quantitative estimate of drug-likeness (QED) is 0.659. The van der Waals surface area contributed by atoms with Gasteiger partial charge in [-0.25, -0.2) is 0 Å². The largest absolute Gasteiger partial charge is 0.402 e. The Balaban J connectivity index is 2.30. The van der Waals surface area contributed by atoms with E-state index < -0.39 is 0 Å². The number of hydrogen-bond donors (Lipinski definition) is 1. The Hall–Kier alpha value is -0.980. The van der Waals surface area contributed by atoms with Crippen molar-refractivity contribution in [2.75, 3.05) is 0 Å². The summed E-state index contributed by atoms with van der Waals surface area (Å²) >= 11 is 0. The van der Waals surface area contributed by atoms with Crippen LogP contribution in [0.2, 0.25) is 0 Å². The molecule has 0 saturated heterocycles. The number of rotatable bonds is 5. The van der Waals surface area contributed by atoms with Crippen molar-refractivity contribution in [3.63, 3.8) is 0 Å². The molecule has 0 heterocycles. The van der Waals surface area contributed by atoms with Gasteiger partial charge in [-0.2, -0.15) is 0 Å². The van der Waals surface area contributed by atoms with Gasteiger partial charge in [-0.3, -0.25) is 0 Å². The maximum Gasteiger partial charge on any atom is 0.0119 e. The van der Waals surface area contributed by atoms with Crippen LogP contribution in [0.5, 0.6) is 0 Å². The summed E-state index contributed by atoms with van der Waals surface area (Å²) in [5, 5.41) is 0. The zero-order chi connectivity index (χ0) is 10.2. The Labute approximate surface area is 87.4 Å². The van der Waals surface area contributed by atoms with Crippen LogP contribution >= 0.6 is 0 Å². The SMILES string of the molecule is CCCCCCC1=CC=C(N)CC=C1. The lowest BCUT2D eigenvalue weighted by Gasteiger charge is -2.00. The summed E-state index contributed by atoms with van der Waals surface area (Å²) in [5.41, 5.74) is 8.12. The smallest absolute Gasteiger partial charge is 0.0119 e. The van der Waals surface area contributed by atoms with Crippen LogP contribution in [-0.2, 0) is 0 Å². The topological polar surface area (TPSA) is 26.0 Å². The van der Waals surface area contributed by atoms with E-state index in [-0.39, 0.29) is 0 Å². The molecule has 0 unspecified atom stereocenters. The maximum absolute atomic E-state index is 5.74. The molecule has 0 fully saturated rings. The Kier molecular flexibility index (Phi) is 5.13. The fraction of sp³-hybridized carbons (Fsp3) is 0.538. The highest BCUT2D eigenvalue weighted by molar-refractivity contribution is 5.29. The molecule has 0 aromatic heterocycles. The van der Waals surface area contributed by atoms with Crippen LogP contribution in [0.15, 0.2) is 35.6 Å². The summed E-state index contributed by atoms with van der Waals surface area (Å²) in [5.74, 6) is 0. The molecule has 78 valence electrons. The summed E-state index contributed by atoms with van der Waals surface area (Å²) < 4.78 is 0. The standard InChI is InChI=1S/C13H21N/c1-2-3-4-5-7-12-8-6-9-13(14)11-10-12/h6,8,10-11H,2-5,7,9,14H2,1H3. The molecule has 1 heteroatoms. The number of nitrogens with two attached hydrogens (primary N) is 1. The molecule has 1 rings (SSSR count). The van der Waals surface area contributed by atoms with E-state index in [0.29, 0.717) is 0 Å². The van der Waals surface area contributed by atoms with Gasteiger partial charge >= 0.3 is 0 Å². The van der Waals surface area contributed by atoms with Crippen molar-refractivity contribution in [2.24, 2.45) is 5.73 Å². The van der Waals surface area contributed by atoms with E-state index in [1.54, 1.807) is 0 Å². The Bertz CT molecular complexity index is 246. The summed E-state index contributed by atoms with van der Waals surface area (Å²) in [7, 11) is 0. The van der Waals surface area contributed by atoms with Gasteiger partial charge in [0, 0.05) is 12.1 Å².